The first-order chi connectivity index (χ1) is 8.42. The lowest BCUT2D eigenvalue weighted by Crippen LogP contribution is -2.39. The number of rotatable bonds is 4. The van der Waals surface area contributed by atoms with Gasteiger partial charge < -0.3 is 5.32 Å². The van der Waals surface area contributed by atoms with E-state index >= 15 is 0 Å². The SMILES string of the molecule is c1ccc(C2CC(NCc3cn[nH]c3)C2)cc1. The van der Waals surface area contributed by atoms with E-state index in [1.165, 1.54) is 24.0 Å². The molecule has 1 aromatic heterocycles. The summed E-state index contributed by atoms with van der Waals surface area (Å²) in [5.74, 6) is 0.748. The van der Waals surface area contributed by atoms with Crippen molar-refractivity contribution in [2.24, 2.45) is 0 Å². The first kappa shape index (κ1) is 10.5. The topological polar surface area (TPSA) is 40.7 Å². The van der Waals surface area contributed by atoms with Crippen LogP contribution < -0.4 is 5.32 Å². The second-order valence-corrected chi connectivity index (χ2v) is 4.76. The summed E-state index contributed by atoms with van der Waals surface area (Å²) in [5, 5.41) is 10.3. The fourth-order valence-electron chi connectivity index (χ4n) is 2.42. The highest BCUT2D eigenvalue weighted by molar-refractivity contribution is 5.22. The minimum atomic E-state index is 0.662. The molecule has 2 N–H and O–H groups in total. The highest BCUT2D eigenvalue weighted by atomic mass is 15.1. The fourth-order valence-corrected chi connectivity index (χ4v) is 2.42. The monoisotopic (exact) mass is 227 g/mol. The zero-order valence-corrected chi connectivity index (χ0v) is 9.76. The summed E-state index contributed by atoms with van der Waals surface area (Å²) in [7, 11) is 0. The van der Waals surface area contributed by atoms with Gasteiger partial charge in [-0.2, -0.15) is 5.10 Å². The van der Waals surface area contributed by atoms with Crippen LogP contribution in [-0.4, -0.2) is 16.2 Å². The zero-order valence-electron chi connectivity index (χ0n) is 9.76. The van der Waals surface area contributed by atoms with Crippen LogP contribution >= 0.6 is 0 Å². The minimum Gasteiger partial charge on any atom is -0.310 e. The van der Waals surface area contributed by atoms with Crippen molar-refractivity contribution in [2.75, 3.05) is 0 Å². The van der Waals surface area contributed by atoms with Crippen LogP contribution in [0.15, 0.2) is 42.7 Å². The van der Waals surface area contributed by atoms with E-state index in [0.717, 1.165) is 12.5 Å². The van der Waals surface area contributed by atoms with Crippen LogP contribution in [0.2, 0.25) is 0 Å². The number of benzene rings is 1. The van der Waals surface area contributed by atoms with Crippen molar-refractivity contribution in [2.45, 2.75) is 31.3 Å². The van der Waals surface area contributed by atoms with Crippen molar-refractivity contribution >= 4 is 0 Å². The van der Waals surface area contributed by atoms with Gasteiger partial charge in [-0.1, -0.05) is 30.3 Å². The summed E-state index contributed by atoms with van der Waals surface area (Å²) in [6, 6.07) is 11.5. The lowest BCUT2D eigenvalue weighted by Gasteiger charge is -2.36. The van der Waals surface area contributed by atoms with Crippen LogP contribution in [0.5, 0.6) is 0 Å². The molecule has 0 saturated heterocycles. The Morgan fingerprint density at radius 3 is 2.76 bits per heavy atom. The second kappa shape index (κ2) is 4.72. The van der Waals surface area contributed by atoms with E-state index in [4.69, 9.17) is 0 Å². The number of aromatic nitrogens is 2. The molecule has 3 rings (SSSR count). The maximum Gasteiger partial charge on any atom is 0.0532 e. The molecule has 0 atom stereocenters. The predicted molar refractivity (Wildman–Crippen MR) is 67.6 cm³/mol. The van der Waals surface area contributed by atoms with Gasteiger partial charge in [0.15, 0.2) is 0 Å². The molecule has 0 radical (unpaired) electrons. The van der Waals surface area contributed by atoms with E-state index in [9.17, 15) is 0 Å². The Morgan fingerprint density at radius 1 is 1.24 bits per heavy atom. The van der Waals surface area contributed by atoms with Gasteiger partial charge in [0.25, 0.3) is 0 Å². The molecule has 1 saturated carbocycles. The van der Waals surface area contributed by atoms with E-state index in [1.807, 2.05) is 12.4 Å². The quantitative estimate of drug-likeness (QED) is 0.842. The molecule has 2 aromatic rings. The van der Waals surface area contributed by atoms with Gasteiger partial charge >= 0.3 is 0 Å². The summed E-state index contributed by atoms with van der Waals surface area (Å²) in [5.41, 5.74) is 2.71. The van der Waals surface area contributed by atoms with Crippen molar-refractivity contribution in [1.29, 1.82) is 0 Å². The van der Waals surface area contributed by atoms with Crippen LogP contribution in [0.25, 0.3) is 0 Å². The molecule has 0 unspecified atom stereocenters. The van der Waals surface area contributed by atoms with E-state index in [1.54, 1.807) is 0 Å². The van der Waals surface area contributed by atoms with Crippen molar-refractivity contribution in [3.8, 4) is 0 Å². The number of H-pyrrole nitrogens is 1. The molecule has 0 amide bonds. The van der Waals surface area contributed by atoms with Crippen molar-refractivity contribution < 1.29 is 0 Å². The third-order valence-electron chi connectivity index (χ3n) is 3.56. The molecule has 88 valence electrons. The van der Waals surface area contributed by atoms with E-state index in [-0.39, 0.29) is 0 Å². The predicted octanol–water partition coefficient (Wildman–Crippen LogP) is 2.45. The first-order valence-electron chi connectivity index (χ1n) is 6.18. The van der Waals surface area contributed by atoms with Crippen molar-refractivity contribution in [1.82, 2.24) is 15.5 Å². The fraction of sp³-hybridized carbons (Fsp3) is 0.357. The molecule has 3 heteroatoms. The molecule has 17 heavy (non-hydrogen) atoms. The number of nitrogens with zero attached hydrogens (tertiary/aromatic N) is 1. The Bertz CT molecular complexity index is 444. The van der Waals surface area contributed by atoms with Gasteiger partial charge in [0.2, 0.25) is 0 Å². The van der Waals surface area contributed by atoms with Crippen molar-refractivity contribution in [3.05, 3.63) is 53.9 Å². The standard InChI is InChI=1S/C14H17N3/c1-2-4-12(5-3-1)13-6-14(7-13)15-8-11-9-16-17-10-11/h1-5,9-10,13-15H,6-8H2,(H,16,17). The molecule has 1 aliphatic rings. The minimum absolute atomic E-state index is 0.662. The molecule has 0 bridgehead atoms. The highest BCUT2D eigenvalue weighted by Crippen LogP contribution is 2.36. The average Bonchev–Trinajstić information content (AvgIpc) is 2.81. The smallest absolute Gasteiger partial charge is 0.0532 e. The lowest BCUT2D eigenvalue weighted by molar-refractivity contribution is 0.289. The Balaban J connectivity index is 1.46. The summed E-state index contributed by atoms with van der Waals surface area (Å²) in [4.78, 5) is 0. The first-order valence-corrected chi connectivity index (χ1v) is 6.18. The Morgan fingerprint density at radius 2 is 2.06 bits per heavy atom. The lowest BCUT2D eigenvalue weighted by atomic mass is 9.76. The van der Waals surface area contributed by atoms with Gasteiger partial charge in [-0.05, 0) is 24.3 Å². The number of hydrogen-bond acceptors (Lipinski definition) is 2. The summed E-state index contributed by atoms with van der Waals surface area (Å²) in [6.45, 7) is 0.919. The number of nitrogens with one attached hydrogen (secondary N) is 2. The average molecular weight is 227 g/mol. The Kier molecular flexibility index (Phi) is 2.92. The molecule has 1 fully saturated rings. The summed E-state index contributed by atoms with van der Waals surface area (Å²) >= 11 is 0. The molecule has 1 heterocycles. The molecule has 1 aromatic carbocycles. The van der Waals surface area contributed by atoms with Crippen LogP contribution in [0.1, 0.15) is 29.9 Å². The summed E-state index contributed by atoms with van der Waals surface area (Å²) in [6.07, 6.45) is 6.32. The van der Waals surface area contributed by atoms with Gasteiger partial charge in [-0.15, -0.1) is 0 Å². The third kappa shape index (κ3) is 2.39. The zero-order chi connectivity index (χ0) is 11.5. The maximum atomic E-state index is 3.94. The highest BCUT2D eigenvalue weighted by Gasteiger charge is 2.29. The Labute approximate surface area is 101 Å². The number of hydrogen-bond donors (Lipinski definition) is 2. The van der Waals surface area contributed by atoms with Gasteiger partial charge in [0.1, 0.15) is 0 Å². The third-order valence-corrected chi connectivity index (χ3v) is 3.56. The van der Waals surface area contributed by atoms with Gasteiger partial charge in [0.05, 0.1) is 6.20 Å². The molecule has 0 aliphatic heterocycles. The van der Waals surface area contributed by atoms with Gasteiger partial charge in [-0.25, -0.2) is 0 Å². The van der Waals surface area contributed by atoms with Crippen molar-refractivity contribution in [3.63, 3.8) is 0 Å². The molecule has 1 aliphatic carbocycles. The maximum absolute atomic E-state index is 3.94. The van der Waals surface area contributed by atoms with Crippen LogP contribution in [0, 0.1) is 0 Å². The molecular weight excluding hydrogens is 210 g/mol. The largest absolute Gasteiger partial charge is 0.310 e. The second-order valence-electron chi connectivity index (χ2n) is 4.76. The normalized spacial score (nSPS) is 23.3. The van der Waals surface area contributed by atoms with Crippen LogP contribution in [-0.2, 0) is 6.54 Å². The van der Waals surface area contributed by atoms with E-state index < -0.39 is 0 Å². The van der Waals surface area contributed by atoms with Crippen LogP contribution in [0.4, 0.5) is 0 Å². The molecular formula is C14H17N3. The Hall–Kier alpha value is -1.61. The van der Waals surface area contributed by atoms with Crippen LogP contribution in [0.3, 0.4) is 0 Å². The summed E-state index contributed by atoms with van der Waals surface area (Å²) < 4.78 is 0. The molecule has 0 spiro atoms. The van der Waals surface area contributed by atoms with Gasteiger partial charge in [-0.3, -0.25) is 5.10 Å². The number of aromatic amines is 1. The molecule has 3 nitrogen and oxygen atoms in total. The van der Waals surface area contributed by atoms with E-state index in [0.29, 0.717) is 6.04 Å². The van der Waals surface area contributed by atoms with Gasteiger partial charge in [0, 0.05) is 24.3 Å². The van der Waals surface area contributed by atoms with E-state index in [2.05, 4.69) is 45.8 Å².